The Labute approximate surface area is 135 Å². The SMILES string of the molecule is COC(=O)c1ccc2c(c1)C(c1ccc(C#N)cc1)=CCCC2. The van der Waals surface area contributed by atoms with Crippen molar-refractivity contribution in [2.24, 2.45) is 0 Å². The van der Waals surface area contributed by atoms with Crippen molar-refractivity contribution in [2.75, 3.05) is 7.11 Å². The number of nitrogens with zero attached hydrogens (tertiary/aromatic N) is 1. The van der Waals surface area contributed by atoms with Crippen LogP contribution in [0.2, 0.25) is 0 Å². The van der Waals surface area contributed by atoms with E-state index in [1.807, 2.05) is 42.5 Å². The second kappa shape index (κ2) is 6.50. The molecule has 3 rings (SSSR count). The van der Waals surface area contributed by atoms with Crippen LogP contribution < -0.4 is 0 Å². The van der Waals surface area contributed by atoms with Crippen LogP contribution in [-0.2, 0) is 11.2 Å². The first kappa shape index (κ1) is 15.1. The Morgan fingerprint density at radius 1 is 1.17 bits per heavy atom. The number of nitriles is 1. The highest BCUT2D eigenvalue weighted by molar-refractivity contribution is 5.92. The van der Waals surface area contributed by atoms with Gasteiger partial charge in [-0.25, -0.2) is 4.79 Å². The Kier molecular flexibility index (Phi) is 4.25. The first-order valence-electron chi connectivity index (χ1n) is 7.65. The van der Waals surface area contributed by atoms with Crippen molar-refractivity contribution in [3.63, 3.8) is 0 Å². The molecule has 3 nitrogen and oxygen atoms in total. The minimum absolute atomic E-state index is 0.323. The van der Waals surface area contributed by atoms with E-state index in [4.69, 9.17) is 10.00 Å². The summed E-state index contributed by atoms with van der Waals surface area (Å²) in [5.41, 5.74) is 5.71. The summed E-state index contributed by atoms with van der Waals surface area (Å²) in [6, 6.07) is 15.5. The van der Waals surface area contributed by atoms with Crippen LogP contribution in [-0.4, -0.2) is 13.1 Å². The third kappa shape index (κ3) is 3.02. The number of allylic oxidation sites excluding steroid dienone is 1. The fourth-order valence-electron chi connectivity index (χ4n) is 2.94. The smallest absolute Gasteiger partial charge is 0.337 e. The molecule has 1 aliphatic rings. The lowest BCUT2D eigenvalue weighted by molar-refractivity contribution is 0.0600. The number of aryl methyl sites for hydroxylation is 1. The molecule has 0 atom stereocenters. The second-order valence-electron chi connectivity index (χ2n) is 5.56. The van der Waals surface area contributed by atoms with E-state index in [0.717, 1.165) is 36.0 Å². The van der Waals surface area contributed by atoms with Crippen molar-refractivity contribution in [1.82, 2.24) is 0 Å². The van der Waals surface area contributed by atoms with E-state index >= 15 is 0 Å². The largest absolute Gasteiger partial charge is 0.465 e. The Hall–Kier alpha value is -2.86. The quantitative estimate of drug-likeness (QED) is 0.784. The summed E-state index contributed by atoms with van der Waals surface area (Å²) in [5.74, 6) is -0.323. The van der Waals surface area contributed by atoms with Crippen molar-refractivity contribution >= 4 is 11.5 Å². The van der Waals surface area contributed by atoms with E-state index in [9.17, 15) is 4.79 Å². The van der Waals surface area contributed by atoms with Crippen LogP contribution in [0.4, 0.5) is 0 Å². The molecule has 0 amide bonds. The van der Waals surface area contributed by atoms with Gasteiger partial charge < -0.3 is 4.74 Å². The zero-order valence-electron chi connectivity index (χ0n) is 13.0. The molecule has 3 heteroatoms. The summed E-state index contributed by atoms with van der Waals surface area (Å²) in [5, 5.41) is 8.95. The fourth-order valence-corrected chi connectivity index (χ4v) is 2.94. The van der Waals surface area contributed by atoms with Crippen LogP contribution in [0.25, 0.3) is 5.57 Å². The molecule has 2 aromatic rings. The molecule has 0 N–H and O–H groups in total. The van der Waals surface area contributed by atoms with Crippen LogP contribution >= 0.6 is 0 Å². The van der Waals surface area contributed by atoms with E-state index in [1.54, 1.807) is 0 Å². The zero-order valence-corrected chi connectivity index (χ0v) is 13.0. The van der Waals surface area contributed by atoms with Gasteiger partial charge in [-0.2, -0.15) is 5.26 Å². The summed E-state index contributed by atoms with van der Waals surface area (Å²) in [4.78, 5) is 11.8. The minimum Gasteiger partial charge on any atom is -0.465 e. The predicted octanol–water partition coefficient (Wildman–Crippen LogP) is 4.11. The van der Waals surface area contributed by atoms with Crippen molar-refractivity contribution in [2.45, 2.75) is 19.3 Å². The van der Waals surface area contributed by atoms with Gasteiger partial charge >= 0.3 is 5.97 Å². The third-order valence-electron chi connectivity index (χ3n) is 4.14. The maximum absolute atomic E-state index is 11.8. The lowest BCUT2D eigenvalue weighted by atomic mass is 9.92. The Balaban J connectivity index is 2.10. The lowest BCUT2D eigenvalue weighted by Crippen LogP contribution is -2.03. The number of fused-ring (bicyclic) bond motifs is 1. The standard InChI is InChI=1S/C20H17NO2/c1-23-20(22)17-11-10-15-4-2-3-5-18(19(15)12-17)16-8-6-14(13-21)7-9-16/h5-12H,2-4H2,1H3. The van der Waals surface area contributed by atoms with Gasteiger partial charge in [0.1, 0.15) is 0 Å². The van der Waals surface area contributed by atoms with Crippen LogP contribution in [0.5, 0.6) is 0 Å². The van der Waals surface area contributed by atoms with Crippen molar-refractivity contribution in [3.05, 3.63) is 76.4 Å². The average Bonchev–Trinajstić information content (AvgIpc) is 2.83. The first-order valence-corrected chi connectivity index (χ1v) is 7.65. The topological polar surface area (TPSA) is 50.1 Å². The summed E-state index contributed by atoms with van der Waals surface area (Å²) >= 11 is 0. The molecule has 0 saturated heterocycles. The Bertz CT molecular complexity index is 811. The highest BCUT2D eigenvalue weighted by Crippen LogP contribution is 2.32. The molecule has 0 radical (unpaired) electrons. The Morgan fingerprint density at radius 3 is 2.65 bits per heavy atom. The maximum Gasteiger partial charge on any atom is 0.337 e. The van der Waals surface area contributed by atoms with Gasteiger partial charge in [0.25, 0.3) is 0 Å². The molecule has 2 aromatic carbocycles. The molecule has 0 unspecified atom stereocenters. The number of esters is 1. The van der Waals surface area contributed by atoms with Gasteiger partial charge in [0, 0.05) is 0 Å². The van der Waals surface area contributed by atoms with Crippen LogP contribution in [0.15, 0.2) is 48.5 Å². The van der Waals surface area contributed by atoms with Gasteiger partial charge in [-0.15, -0.1) is 0 Å². The number of carbonyl (C=O) groups excluding carboxylic acids is 1. The van der Waals surface area contributed by atoms with Crippen molar-refractivity contribution < 1.29 is 9.53 Å². The molecule has 0 bridgehead atoms. The van der Waals surface area contributed by atoms with Gasteiger partial charge in [0.15, 0.2) is 0 Å². The molecule has 0 aliphatic heterocycles. The summed E-state index contributed by atoms with van der Waals surface area (Å²) < 4.78 is 4.84. The molecule has 23 heavy (non-hydrogen) atoms. The Morgan fingerprint density at radius 2 is 1.96 bits per heavy atom. The first-order chi connectivity index (χ1) is 11.2. The second-order valence-corrected chi connectivity index (χ2v) is 5.56. The molecule has 0 fully saturated rings. The molecule has 0 saturated carbocycles. The van der Waals surface area contributed by atoms with Gasteiger partial charge in [-0.3, -0.25) is 0 Å². The fraction of sp³-hybridized carbons (Fsp3) is 0.200. The van der Waals surface area contributed by atoms with Crippen molar-refractivity contribution in [3.8, 4) is 6.07 Å². The number of carbonyl (C=O) groups is 1. The van der Waals surface area contributed by atoms with Crippen LogP contribution in [0, 0.1) is 11.3 Å². The van der Waals surface area contributed by atoms with Gasteiger partial charge in [-0.1, -0.05) is 24.3 Å². The third-order valence-corrected chi connectivity index (χ3v) is 4.14. The summed E-state index contributed by atoms with van der Waals surface area (Å²) in [6.45, 7) is 0. The van der Waals surface area contributed by atoms with Gasteiger partial charge in [-0.05, 0) is 65.8 Å². The molecule has 1 aliphatic carbocycles. The zero-order chi connectivity index (χ0) is 16.2. The van der Waals surface area contributed by atoms with Gasteiger partial charge in [0.2, 0.25) is 0 Å². The number of rotatable bonds is 2. The number of benzene rings is 2. The minimum atomic E-state index is -0.323. The monoisotopic (exact) mass is 303 g/mol. The molecular formula is C20H17NO2. The van der Waals surface area contributed by atoms with Crippen LogP contribution in [0.1, 0.15) is 45.5 Å². The highest BCUT2D eigenvalue weighted by Gasteiger charge is 2.16. The molecule has 0 aromatic heterocycles. The average molecular weight is 303 g/mol. The number of hydrogen-bond donors (Lipinski definition) is 0. The van der Waals surface area contributed by atoms with E-state index in [0.29, 0.717) is 11.1 Å². The van der Waals surface area contributed by atoms with E-state index in [-0.39, 0.29) is 5.97 Å². The van der Waals surface area contributed by atoms with E-state index in [2.05, 4.69) is 12.1 Å². The number of ether oxygens (including phenoxy) is 1. The predicted molar refractivity (Wildman–Crippen MR) is 89.0 cm³/mol. The normalized spacial score (nSPS) is 13.3. The van der Waals surface area contributed by atoms with Crippen LogP contribution in [0.3, 0.4) is 0 Å². The molecular weight excluding hydrogens is 286 g/mol. The molecule has 114 valence electrons. The van der Waals surface area contributed by atoms with E-state index < -0.39 is 0 Å². The molecule has 0 spiro atoms. The lowest BCUT2D eigenvalue weighted by Gasteiger charge is -2.13. The summed E-state index contributed by atoms with van der Waals surface area (Å²) in [6.07, 6.45) is 5.29. The highest BCUT2D eigenvalue weighted by atomic mass is 16.5. The molecule has 0 heterocycles. The number of methoxy groups -OCH3 is 1. The summed E-state index contributed by atoms with van der Waals surface area (Å²) in [7, 11) is 1.39. The van der Waals surface area contributed by atoms with Crippen molar-refractivity contribution in [1.29, 1.82) is 5.26 Å². The van der Waals surface area contributed by atoms with Gasteiger partial charge in [0.05, 0.1) is 24.3 Å². The number of hydrogen-bond acceptors (Lipinski definition) is 3. The maximum atomic E-state index is 11.8. The van der Waals surface area contributed by atoms with E-state index in [1.165, 1.54) is 12.7 Å².